The lowest BCUT2D eigenvalue weighted by molar-refractivity contribution is 0.221. The molecule has 2 aromatic carbocycles. The summed E-state index contributed by atoms with van der Waals surface area (Å²) in [7, 11) is 1.95. The Labute approximate surface area is 168 Å². The van der Waals surface area contributed by atoms with Crippen LogP contribution in [0.5, 0.6) is 0 Å². The fourth-order valence-corrected chi connectivity index (χ4v) is 4.83. The molecule has 1 aliphatic carbocycles. The summed E-state index contributed by atoms with van der Waals surface area (Å²) in [4.78, 5) is 2.03. The lowest BCUT2D eigenvalue weighted by Crippen LogP contribution is -2.60. The SMILES string of the molecule is C/C=C/[C@@H]1Cc2ccccc2[C@H]1[C@@](C#N)(N(C)c1ccccc1)C(C)(C)C#N. The van der Waals surface area contributed by atoms with E-state index in [1.54, 1.807) is 0 Å². The largest absolute Gasteiger partial charge is 0.355 e. The van der Waals surface area contributed by atoms with Crippen LogP contribution in [0.2, 0.25) is 0 Å². The first kappa shape index (κ1) is 19.7. The number of nitrogens with zero attached hydrogens (tertiary/aromatic N) is 3. The van der Waals surface area contributed by atoms with E-state index in [2.05, 4.69) is 42.5 Å². The van der Waals surface area contributed by atoms with Crippen molar-refractivity contribution in [2.45, 2.75) is 38.6 Å². The summed E-state index contributed by atoms with van der Waals surface area (Å²) in [5.41, 5.74) is 1.47. The number of likely N-dealkylation sites (N-methyl/N-ethyl adjacent to an activating group) is 1. The predicted molar refractivity (Wildman–Crippen MR) is 114 cm³/mol. The van der Waals surface area contributed by atoms with Crippen molar-refractivity contribution in [2.24, 2.45) is 11.3 Å². The van der Waals surface area contributed by atoms with Gasteiger partial charge in [0.05, 0.1) is 17.6 Å². The third-order valence-corrected chi connectivity index (χ3v) is 6.24. The van der Waals surface area contributed by atoms with Crippen molar-refractivity contribution >= 4 is 5.69 Å². The molecule has 142 valence electrons. The number of fused-ring (bicyclic) bond motifs is 1. The van der Waals surface area contributed by atoms with Crippen molar-refractivity contribution in [3.05, 3.63) is 77.9 Å². The van der Waals surface area contributed by atoms with Crippen molar-refractivity contribution in [3.63, 3.8) is 0 Å². The Kier molecular flexibility index (Phi) is 5.30. The molecule has 0 fully saturated rings. The topological polar surface area (TPSA) is 50.8 Å². The zero-order valence-electron chi connectivity index (χ0n) is 17.1. The fourth-order valence-electron chi connectivity index (χ4n) is 4.83. The average molecular weight is 370 g/mol. The lowest BCUT2D eigenvalue weighted by Gasteiger charge is -2.50. The van der Waals surface area contributed by atoms with Gasteiger partial charge in [-0.2, -0.15) is 10.5 Å². The van der Waals surface area contributed by atoms with Gasteiger partial charge in [-0.3, -0.25) is 0 Å². The van der Waals surface area contributed by atoms with E-state index in [-0.39, 0.29) is 11.8 Å². The second-order valence-electron chi connectivity index (χ2n) is 8.08. The van der Waals surface area contributed by atoms with Gasteiger partial charge in [-0.05, 0) is 56.4 Å². The van der Waals surface area contributed by atoms with Crippen LogP contribution in [0.15, 0.2) is 66.7 Å². The summed E-state index contributed by atoms with van der Waals surface area (Å²) in [5.74, 6) is 0.0607. The maximum atomic E-state index is 10.7. The highest BCUT2D eigenvalue weighted by molar-refractivity contribution is 5.57. The highest BCUT2D eigenvalue weighted by Gasteiger charge is 2.59. The highest BCUT2D eigenvalue weighted by atomic mass is 15.2. The number of hydrogen-bond acceptors (Lipinski definition) is 3. The molecule has 2 aromatic rings. The van der Waals surface area contributed by atoms with E-state index < -0.39 is 11.0 Å². The third kappa shape index (κ3) is 2.88. The molecule has 28 heavy (non-hydrogen) atoms. The van der Waals surface area contributed by atoms with Gasteiger partial charge < -0.3 is 4.90 Å². The van der Waals surface area contributed by atoms with E-state index in [9.17, 15) is 10.5 Å². The molecule has 0 spiro atoms. The van der Waals surface area contributed by atoms with Gasteiger partial charge in [0.15, 0.2) is 5.54 Å². The van der Waals surface area contributed by atoms with Crippen LogP contribution in [0.25, 0.3) is 0 Å². The van der Waals surface area contributed by atoms with Crippen molar-refractivity contribution < 1.29 is 0 Å². The van der Waals surface area contributed by atoms with Gasteiger partial charge in [0.1, 0.15) is 0 Å². The Morgan fingerprint density at radius 3 is 2.25 bits per heavy atom. The fraction of sp³-hybridized carbons (Fsp3) is 0.360. The molecule has 3 atom stereocenters. The summed E-state index contributed by atoms with van der Waals surface area (Å²) in [6.07, 6.45) is 5.15. The summed E-state index contributed by atoms with van der Waals surface area (Å²) in [6, 6.07) is 23.4. The van der Waals surface area contributed by atoms with Gasteiger partial charge in [0, 0.05) is 18.7 Å². The number of para-hydroxylation sites is 1. The average Bonchev–Trinajstić information content (AvgIpc) is 3.08. The van der Waals surface area contributed by atoms with Crippen LogP contribution in [-0.4, -0.2) is 12.6 Å². The summed E-state index contributed by atoms with van der Waals surface area (Å²) >= 11 is 0. The molecule has 0 heterocycles. The minimum Gasteiger partial charge on any atom is -0.355 e. The van der Waals surface area contributed by atoms with E-state index in [1.807, 2.05) is 69.1 Å². The van der Waals surface area contributed by atoms with Crippen molar-refractivity contribution in [1.82, 2.24) is 0 Å². The number of hydrogen-bond donors (Lipinski definition) is 0. The molecule has 0 aliphatic heterocycles. The Morgan fingerprint density at radius 1 is 1.00 bits per heavy atom. The first-order valence-corrected chi connectivity index (χ1v) is 9.75. The summed E-state index contributed by atoms with van der Waals surface area (Å²) < 4.78 is 0. The standard InChI is InChI=1S/C25H27N3/c1-5-11-20-16-19-12-9-10-15-22(19)23(20)25(18-27,24(2,3)17-26)28(4)21-13-7-6-8-14-21/h5-15,20,23H,16H2,1-4H3/b11-5+/t20-,23+,25-/m1/s1. The quantitative estimate of drug-likeness (QED) is 0.657. The van der Waals surface area contributed by atoms with E-state index in [1.165, 1.54) is 11.1 Å². The lowest BCUT2D eigenvalue weighted by atomic mass is 9.61. The second kappa shape index (κ2) is 7.53. The molecule has 3 heteroatoms. The Balaban J connectivity index is 2.30. The molecule has 0 bridgehead atoms. The zero-order valence-corrected chi connectivity index (χ0v) is 17.1. The van der Waals surface area contributed by atoms with E-state index in [0.717, 1.165) is 12.1 Å². The van der Waals surface area contributed by atoms with Crippen molar-refractivity contribution in [1.29, 1.82) is 10.5 Å². The number of rotatable bonds is 5. The van der Waals surface area contributed by atoms with Gasteiger partial charge in [-0.15, -0.1) is 0 Å². The van der Waals surface area contributed by atoms with Gasteiger partial charge in [-0.1, -0.05) is 54.6 Å². The smallest absolute Gasteiger partial charge is 0.153 e. The maximum absolute atomic E-state index is 10.7. The number of benzene rings is 2. The summed E-state index contributed by atoms with van der Waals surface area (Å²) in [6.45, 7) is 5.80. The molecule has 1 aliphatic rings. The molecule has 0 amide bonds. The zero-order chi connectivity index (χ0) is 20.4. The minimum absolute atomic E-state index is 0.107. The monoisotopic (exact) mass is 369 g/mol. The molecule has 0 saturated heterocycles. The van der Waals surface area contributed by atoms with Crippen molar-refractivity contribution in [2.75, 3.05) is 11.9 Å². The molecule has 0 saturated carbocycles. The van der Waals surface area contributed by atoms with Gasteiger partial charge in [0.25, 0.3) is 0 Å². The Bertz CT molecular complexity index is 946. The van der Waals surface area contributed by atoms with E-state index >= 15 is 0 Å². The molecule has 0 aromatic heterocycles. The maximum Gasteiger partial charge on any atom is 0.153 e. The van der Waals surface area contributed by atoms with Crippen LogP contribution in [0.1, 0.15) is 37.8 Å². The third-order valence-electron chi connectivity index (χ3n) is 6.24. The van der Waals surface area contributed by atoms with E-state index in [4.69, 9.17) is 0 Å². The van der Waals surface area contributed by atoms with Crippen LogP contribution < -0.4 is 4.90 Å². The van der Waals surface area contributed by atoms with Crippen LogP contribution in [0, 0.1) is 34.0 Å². The van der Waals surface area contributed by atoms with E-state index in [0.29, 0.717) is 0 Å². The molecular weight excluding hydrogens is 342 g/mol. The predicted octanol–water partition coefficient (Wildman–Crippen LogP) is 5.47. The van der Waals surface area contributed by atoms with Gasteiger partial charge >= 0.3 is 0 Å². The van der Waals surface area contributed by atoms with Crippen LogP contribution >= 0.6 is 0 Å². The normalized spacial score (nSPS) is 20.8. The number of allylic oxidation sites excluding steroid dienone is 2. The minimum atomic E-state index is -1.03. The molecule has 0 N–H and O–H groups in total. The molecule has 3 nitrogen and oxygen atoms in total. The number of nitriles is 2. The first-order chi connectivity index (χ1) is 13.4. The Hall–Kier alpha value is -3.04. The van der Waals surface area contributed by atoms with Gasteiger partial charge in [0.2, 0.25) is 0 Å². The number of anilines is 1. The van der Waals surface area contributed by atoms with Crippen molar-refractivity contribution in [3.8, 4) is 12.1 Å². The van der Waals surface area contributed by atoms with Crippen LogP contribution in [0.3, 0.4) is 0 Å². The molecule has 3 rings (SSSR count). The highest BCUT2D eigenvalue weighted by Crippen LogP contribution is 2.54. The van der Waals surface area contributed by atoms with Crippen LogP contribution in [-0.2, 0) is 6.42 Å². The molecule has 0 radical (unpaired) electrons. The van der Waals surface area contributed by atoms with Gasteiger partial charge in [-0.25, -0.2) is 0 Å². The Morgan fingerprint density at radius 2 is 1.64 bits per heavy atom. The molecular formula is C25H27N3. The summed E-state index contributed by atoms with van der Waals surface area (Å²) in [5, 5.41) is 20.8. The molecule has 0 unspecified atom stereocenters. The first-order valence-electron chi connectivity index (χ1n) is 9.75. The second-order valence-corrected chi connectivity index (χ2v) is 8.08. The van der Waals surface area contributed by atoms with Crippen LogP contribution in [0.4, 0.5) is 5.69 Å².